The van der Waals surface area contributed by atoms with E-state index >= 15 is 0 Å². The van der Waals surface area contributed by atoms with Gasteiger partial charge in [-0.2, -0.15) is 5.10 Å². The fourth-order valence-corrected chi connectivity index (χ4v) is 4.97. The smallest absolute Gasteiger partial charge is 0.152 e. The number of rotatable bonds is 6. The average molecular weight is 416 g/mol. The maximum atomic E-state index is 11.6. The van der Waals surface area contributed by atoms with Crippen LogP contribution in [-0.2, 0) is 16.9 Å². The van der Waals surface area contributed by atoms with Gasteiger partial charge < -0.3 is 9.84 Å². The Kier molecular flexibility index (Phi) is 5.58. The molecule has 0 saturated carbocycles. The molecule has 1 aliphatic heterocycles. The van der Waals surface area contributed by atoms with E-state index in [0.717, 1.165) is 21.9 Å². The summed E-state index contributed by atoms with van der Waals surface area (Å²) < 4.78 is 30.9. The maximum absolute atomic E-state index is 11.6. The van der Waals surface area contributed by atoms with Gasteiger partial charge in [-0.15, -0.1) is 0 Å². The van der Waals surface area contributed by atoms with E-state index in [1.807, 2.05) is 42.4 Å². The molecule has 1 atom stereocenters. The van der Waals surface area contributed by atoms with Crippen molar-refractivity contribution in [2.45, 2.75) is 6.10 Å². The monoisotopic (exact) mass is 415 g/mol. The highest BCUT2D eigenvalue weighted by Crippen LogP contribution is 2.37. The molecule has 1 unspecified atom stereocenters. The van der Waals surface area contributed by atoms with Crippen molar-refractivity contribution in [1.82, 2.24) is 14.7 Å². The minimum absolute atomic E-state index is 0.134. The number of ether oxygens (including phenoxy) is 1. The Balaban J connectivity index is 1.51. The lowest BCUT2D eigenvalue weighted by Crippen LogP contribution is -2.44. The van der Waals surface area contributed by atoms with Gasteiger partial charge in [-0.05, 0) is 16.8 Å². The number of sulfone groups is 1. The zero-order valence-electron chi connectivity index (χ0n) is 16.4. The number of hydrogen-bond acceptors (Lipinski definition) is 6. The number of hydrogen-bond donors (Lipinski definition) is 1. The molecule has 0 aliphatic carbocycles. The molecule has 2 heterocycles. The number of aryl methyl sites for hydroxylation is 1. The standard InChI is InChI=1S/C21H25N3O4S/c1-23-13-17(12-22-23)21-19-5-3-2-4-16(19)6-7-20(21)28-15-18(25)14-24-8-10-29(26,27)11-9-24/h2-7,12-13,18,25H,8-11,14-15H2,1H3. The lowest BCUT2D eigenvalue weighted by atomic mass is 9.99. The number of benzene rings is 2. The highest BCUT2D eigenvalue weighted by atomic mass is 32.2. The van der Waals surface area contributed by atoms with E-state index in [1.54, 1.807) is 10.9 Å². The van der Waals surface area contributed by atoms with Crippen LogP contribution in [0.4, 0.5) is 0 Å². The van der Waals surface area contributed by atoms with Crippen molar-refractivity contribution < 1.29 is 18.3 Å². The molecule has 8 heteroatoms. The van der Waals surface area contributed by atoms with Crippen LogP contribution in [0.5, 0.6) is 5.75 Å². The van der Waals surface area contributed by atoms with E-state index in [2.05, 4.69) is 17.2 Å². The van der Waals surface area contributed by atoms with Crippen molar-refractivity contribution in [2.24, 2.45) is 7.05 Å². The van der Waals surface area contributed by atoms with Crippen molar-refractivity contribution in [3.63, 3.8) is 0 Å². The van der Waals surface area contributed by atoms with Crippen molar-refractivity contribution in [3.8, 4) is 16.9 Å². The fraction of sp³-hybridized carbons (Fsp3) is 0.381. The Morgan fingerprint density at radius 2 is 1.93 bits per heavy atom. The zero-order chi connectivity index (χ0) is 20.4. The Bertz CT molecular complexity index is 1100. The van der Waals surface area contributed by atoms with Gasteiger partial charge in [-0.1, -0.05) is 30.3 Å². The van der Waals surface area contributed by atoms with Crippen LogP contribution in [0.1, 0.15) is 0 Å². The van der Waals surface area contributed by atoms with E-state index in [-0.39, 0.29) is 18.1 Å². The molecular weight excluding hydrogens is 390 g/mol. The largest absolute Gasteiger partial charge is 0.490 e. The molecule has 2 aromatic carbocycles. The molecule has 29 heavy (non-hydrogen) atoms. The minimum atomic E-state index is -2.92. The molecule has 1 aromatic heterocycles. The molecule has 1 N–H and O–H groups in total. The summed E-state index contributed by atoms with van der Waals surface area (Å²) in [5.74, 6) is 0.990. The predicted octanol–water partition coefficient (Wildman–Crippen LogP) is 1.71. The summed E-state index contributed by atoms with van der Waals surface area (Å²) in [5, 5.41) is 16.9. The van der Waals surface area contributed by atoms with Gasteiger partial charge in [0.1, 0.15) is 18.5 Å². The topological polar surface area (TPSA) is 84.7 Å². The molecule has 0 bridgehead atoms. The van der Waals surface area contributed by atoms with Gasteiger partial charge in [0.05, 0.1) is 17.7 Å². The van der Waals surface area contributed by atoms with Crippen LogP contribution < -0.4 is 4.74 Å². The summed E-state index contributed by atoms with van der Waals surface area (Å²) in [6.07, 6.45) is 3.04. The predicted molar refractivity (Wildman–Crippen MR) is 113 cm³/mol. The van der Waals surface area contributed by atoms with Crippen molar-refractivity contribution in [2.75, 3.05) is 37.7 Å². The van der Waals surface area contributed by atoms with Gasteiger partial charge >= 0.3 is 0 Å². The van der Waals surface area contributed by atoms with Crippen LogP contribution in [0.2, 0.25) is 0 Å². The van der Waals surface area contributed by atoms with E-state index in [4.69, 9.17) is 4.74 Å². The molecule has 3 aromatic rings. The summed E-state index contributed by atoms with van der Waals surface area (Å²) in [6.45, 7) is 1.44. The van der Waals surface area contributed by atoms with Crippen LogP contribution in [0, 0.1) is 0 Å². The molecule has 0 radical (unpaired) electrons. The van der Waals surface area contributed by atoms with Crippen LogP contribution in [0.3, 0.4) is 0 Å². The fourth-order valence-electron chi connectivity index (χ4n) is 3.69. The molecule has 1 fully saturated rings. The average Bonchev–Trinajstić information content (AvgIpc) is 3.13. The number of β-amino-alcohol motifs (C(OH)–C–C–N with tert-alkyl or cyclic N) is 1. The first-order chi connectivity index (χ1) is 13.9. The highest BCUT2D eigenvalue weighted by Gasteiger charge is 2.23. The molecule has 0 amide bonds. The normalized spacial score (nSPS) is 18.0. The second-order valence-electron chi connectivity index (χ2n) is 7.48. The van der Waals surface area contributed by atoms with Gasteiger partial charge in [-0.25, -0.2) is 8.42 Å². The second kappa shape index (κ2) is 8.14. The summed E-state index contributed by atoms with van der Waals surface area (Å²) in [5.41, 5.74) is 1.91. The number of aromatic nitrogens is 2. The molecule has 1 saturated heterocycles. The first-order valence-electron chi connectivity index (χ1n) is 9.66. The third-order valence-corrected chi connectivity index (χ3v) is 6.83. The van der Waals surface area contributed by atoms with Crippen LogP contribution in [-0.4, -0.2) is 72.1 Å². The highest BCUT2D eigenvalue weighted by molar-refractivity contribution is 7.91. The van der Waals surface area contributed by atoms with Crippen LogP contribution in [0.15, 0.2) is 48.8 Å². The molecule has 0 spiro atoms. The third-order valence-electron chi connectivity index (χ3n) is 5.22. The summed E-state index contributed by atoms with van der Waals surface area (Å²) in [4.78, 5) is 1.97. The maximum Gasteiger partial charge on any atom is 0.152 e. The van der Waals surface area contributed by atoms with Crippen LogP contribution in [0.25, 0.3) is 21.9 Å². The van der Waals surface area contributed by atoms with Gasteiger partial charge in [0, 0.05) is 44.0 Å². The molecule has 7 nitrogen and oxygen atoms in total. The van der Waals surface area contributed by atoms with Crippen LogP contribution >= 0.6 is 0 Å². The lowest BCUT2D eigenvalue weighted by Gasteiger charge is -2.28. The Morgan fingerprint density at radius 1 is 1.17 bits per heavy atom. The van der Waals surface area contributed by atoms with E-state index in [9.17, 15) is 13.5 Å². The summed E-state index contributed by atoms with van der Waals surface area (Å²) >= 11 is 0. The minimum Gasteiger partial charge on any atom is -0.490 e. The first kappa shape index (κ1) is 19.9. The number of fused-ring (bicyclic) bond motifs is 1. The lowest BCUT2D eigenvalue weighted by molar-refractivity contribution is 0.0712. The second-order valence-corrected chi connectivity index (χ2v) is 9.78. The quantitative estimate of drug-likeness (QED) is 0.660. The molecule has 154 valence electrons. The number of aliphatic hydroxyl groups is 1. The van der Waals surface area contributed by atoms with Gasteiger partial charge in [0.2, 0.25) is 0 Å². The first-order valence-corrected chi connectivity index (χ1v) is 11.5. The number of aliphatic hydroxyl groups excluding tert-OH is 1. The van der Waals surface area contributed by atoms with Gasteiger partial charge in [-0.3, -0.25) is 9.58 Å². The zero-order valence-corrected chi connectivity index (χ0v) is 17.2. The Labute approximate surface area is 170 Å². The molecular formula is C21H25N3O4S. The summed E-state index contributed by atoms with van der Waals surface area (Å²) in [6, 6.07) is 12.0. The van der Waals surface area contributed by atoms with E-state index in [0.29, 0.717) is 25.4 Å². The summed E-state index contributed by atoms with van der Waals surface area (Å²) in [7, 11) is -1.05. The molecule has 1 aliphatic rings. The number of nitrogens with zero attached hydrogens (tertiary/aromatic N) is 3. The van der Waals surface area contributed by atoms with Crippen molar-refractivity contribution in [3.05, 3.63) is 48.8 Å². The van der Waals surface area contributed by atoms with E-state index in [1.165, 1.54) is 0 Å². The SMILES string of the molecule is Cn1cc(-c2c(OCC(O)CN3CCS(=O)(=O)CC3)ccc3ccccc23)cn1. The Morgan fingerprint density at radius 3 is 2.66 bits per heavy atom. The van der Waals surface area contributed by atoms with Gasteiger partial charge in [0.15, 0.2) is 9.84 Å². The van der Waals surface area contributed by atoms with Crippen molar-refractivity contribution in [1.29, 1.82) is 0 Å². The third kappa shape index (κ3) is 4.60. The van der Waals surface area contributed by atoms with Gasteiger partial charge in [0.25, 0.3) is 0 Å². The molecule has 4 rings (SSSR count). The van der Waals surface area contributed by atoms with Crippen molar-refractivity contribution >= 4 is 20.6 Å². The van der Waals surface area contributed by atoms with E-state index < -0.39 is 15.9 Å². The Hall–Kier alpha value is -2.42.